The second kappa shape index (κ2) is 6.60. The van der Waals surface area contributed by atoms with Gasteiger partial charge in [-0.2, -0.15) is 5.10 Å². The maximum atomic E-state index is 6.15. The van der Waals surface area contributed by atoms with E-state index in [0.717, 1.165) is 65.4 Å². The van der Waals surface area contributed by atoms with Crippen molar-refractivity contribution in [3.8, 4) is 0 Å². The summed E-state index contributed by atoms with van der Waals surface area (Å²) >= 11 is 0. The van der Waals surface area contributed by atoms with E-state index in [-0.39, 0.29) is 0 Å². The van der Waals surface area contributed by atoms with Gasteiger partial charge in [-0.15, -0.1) is 0 Å². The number of nitrogens with one attached hydrogen (secondary N) is 1. The van der Waals surface area contributed by atoms with E-state index in [4.69, 9.17) is 19.1 Å². The van der Waals surface area contributed by atoms with Gasteiger partial charge >= 0.3 is 0 Å². The number of aryl methyl sites for hydroxylation is 2. The number of rotatable bonds is 3. The zero-order valence-electron chi connectivity index (χ0n) is 16.3. The summed E-state index contributed by atoms with van der Waals surface area (Å²) in [6.45, 7) is 5.54. The number of para-hydroxylation sites is 1. The highest BCUT2D eigenvalue weighted by Crippen LogP contribution is 2.36. The minimum absolute atomic E-state index is 0.295. The lowest BCUT2D eigenvalue weighted by Crippen LogP contribution is -2.17. The number of hydrogen-bond donors (Lipinski definition) is 1. The van der Waals surface area contributed by atoms with Crippen LogP contribution in [-0.4, -0.2) is 33.0 Å². The molecule has 0 radical (unpaired) electrons. The average Bonchev–Trinajstić information content (AvgIpc) is 3.21. The zero-order valence-corrected chi connectivity index (χ0v) is 16.3. The van der Waals surface area contributed by atoms with Gasteiger partial charge in [0.2, 0.25) is 0 Å². The van der Waals surface area contributed by atoms with Crippen molar-refractivity contribution in [2.75, 3.05) is 18.5 Å². The monoisotopic (exact) mass is 377 g/mol. The molecule has 1 aromatic carbocycles. The van der Waals surface area contributed by atoms with Gasteiger partial charge in [0, 0.05) is 31.6 Å². The summed E-state index contributed by atoms with van der Waals surface area (Å²) in [5.74, 6) is 1.84. The molecule has 1 aliphatic rings. The number of aromatic nitrogens is 4. The highest BCUT2D eigenvalue weighted by molar-refractivity contribution is 6.06. The standard InChI is InChI=1S/C21H23N5O2/c1-12-17(13(2)26(3)25-12)22-21-19-18(15-6-4-5-7-16(15)28-19)23-20(24-21)14-8-10-27-11-9-14/h4-7,14H,8-11H2,1-3H3,(H,22,23,24). The van der Waals surface area contributed by atoms with Crippen LogP contribution in [-0.2, 0) is 11.8 Å². The zero-order chi connectivity index (χ0) is 19.3. The predicted octanol–water partition coefficient (Wildman–Crippen LogP) is 4.36. The fourth-order valence-electron chi connectivity index (χ4n) is 3.90. The van der Waals surface area contributed by atoms with Gasteiger partial charge in [0.05, 0.1) is 17.1 Å². The molecule has 144 valence electrons. The minimum atomic E-state index is 0.295. The van der Waals surface area contributed by atoms with Crippen LogP contribution >= 0.6 is 0 Å². The number of fused-ring (bicyclic) bond motifs is 3. The molecule has 0 spiro atoms. The maximum Gasteiger partial charge on any atom is 0.196 e. The van der Waals surface area contributed by atoms with Gasteiger partial charge in [0.15, 0.2) is 11.4 Å². The number of furan rings is 1. The van der Waals surface area contributed by atoms with Crippen LogP contribution in [0.5, 0.6) is 0 Å². The Labute approximate surface area is 162 Å². The Kier molecular flexibility index (Phi) is 4.05. The molecule has 7 heteroatoms. The molecular weight excluding hydrogens is 354 g/mol. The van der Waals surface area contributed by atoms with Crippen molar-refractivity contribution >= 4 is 33.6 Å². The van der Waals surface area contributed by atoms with Crippen molar-refractivity contribution in [1.82, 2.24) is 19.7 Å². The van der Waals surface area contributed by atoms with Gasteiger partial charge in [-0.3, -0.25) is 4.68 Å². The Bertz CT molecular complexity index is 1170. The SMILES string of the molecule is Cc1nn(C)c(C)c1Nc1nc(C2CCOCC2)nc2c1oc1ccccc12. The van der Waals surface area contributed by atoms with E-state index >= 15 is 0 Å². The molecule has 3 aromatic heterocycles. The largest absolute Gasteiger partial charge is 0.450 e. The van der Waals surface area contributed by atoms with E-state index in [1.54, 1.807) is 0 Å². The first kappa shape index (κ1) is 17.2. The van der Waals surface area contributed by atoms with Crippen molar-refractivity contribution in [1.29, 1.82) is 0 Å². The Morgan fingerprint density at radius 1 is 1.11 bits per heavy atom. The van der Waals surface area contributed by atoms with E-state index in [2.05, 4.69) is 10.4 Å². The van der Waals surface area contributed by atoms with Gasteiger partial charge in [0.1, 0.15) is 16.9 Å². The number of ether oxygens (including phenoxy) is 1. The molecule has 1 N–H and O–H groups in total. The molecule has 0 unspecified atom stereocenters. The quantitative estimate of drug-likeness (QED) is 0.571. The topological polar surface area (TPSA) is 78.0 Å². The number of benzene rings is 1. The average molecular weight is 377 g/mol. The lowest BCUT2D eigenvalue weighted by atomic mass is 9.99. The number of hydrogen-bond acceptors (Lipinski definition) is 6. The third-order valence-electron chi connectivity index (χ3n) is 5.58. The van der Waals surface area contributed by atoms with Gasteiger partial charge in [-0.05, 0) is 38.8 Å². The fraction of sp³-hybridized carbons (Fsp3) is 0.381. The molecule has 1 aliphatic heterocycles. The first-order valence-electron chi connectivity index (χ1n) is 9.66. The van der Waals surface area contributed by atoms with Crippen LogP contribution in [0.15, 0.2) is 28.7 Å². The van der Waals surface area contributed by atoms with Crippen molar-refractivity contribution in [2.24, 2.45) is 7.05 Å². The van der Waals surface area contributed by atoms with Crippen molar-refractivity contribution < 1.29 is 9.15 Å². The molecule has 0 saturated carbocycles. The number of nitrogens with zero attached hydrogens (tertiary/aromatic N) is 4. The molecule has 4 heterocycles. The van der Waals surface area contributed by atoms with Gasteiger partial charge < -0.3 is 14.5 Å². The molecular formula is C21H23N5O2. The van der Waals surface area contributed by atoms with E-state index in [0.29, 0.717) is 17.3 Å². The molecule has 1 saturated heterocycles. The van der Waals surface area contributed by atoms with Gasteiger partial charge in [-0.25, -0.2) is 9.97 Å². The smallest absolute Gasteiger partial charge is 0.196 e. The highest BCUT2D eigenvalue weighted by atomic mass is 16.5. The molecule has 1 fully saturated rings. The highest BCUT2D eigenvalue weighted by Gasteiger charge is 2.24. The summed E-state index contributed by atoms with van der Waals surface area (Å²) in [5.41, 5.74) is 5.29. The van der Waals surface area contributed by atoms with Gasteiger partial charge in [-0.1, -0.05) is 12.1 Å². The molecule has 0 atom stereocenters. The molecule has 28 heavy (non-hydrogen) atoms. The maximum absolute atomic E-state index is 6.15. The summed E-state index contributed by atoms with van der Waals surface area (Å²) in [4.78, 5) is 9.82. The Hall–Kier alpha value is -2.93. The number of anilines is 2. The molecule has 4 aromatic rings. The summed E-state index contributed by atoms with van der Waals surface area (Å²) in [6, 6.07) is 8.00. The first-order chi connectivity index (χ1) is 13.6. The predicted molar refractivity (Wildman–Crippen MR) is 108 cm³/mol. The van der Waals surface area contributed by atoms with Crippen LogP contribution in [0, 0.1) is 13.8 Å². The van der Waals surface area contributed by atoms with Crippen LogP contribution in [0.3, 0.4) is 0 Å². The van der Waals surface area contributed by atoms with Crippen LogP contribution < -0.4 is 5.32 Å². The van der Waals surface area contributed by atoms with Crippen LogP contribution in [0.2, 0.25) is 0 Å². The second-order valence-electron chi connectivity index (χ2n) is 7.39. The normalized spacial score (nSPS) is 15.5. The van der Waals surface area contributed by atoms with Crippen molar-refractivity contribution in [3.05, 3.63) is 41.5 Å². The molecule has 0 amide bonds. The van der Waals surface area contributed by atoms with Gasteiger partial charge in [0.25, 0.3) is 0 Å². The van der Waals surface area contributed by atoms with Crippen LogP contribution in [0.25, 0.3) is 22.1 Å². The van der Waals surface area contributed by atoms with Crippen LogP contribution in [0.1, 0.15) is 36.0 Å². The van der Waals surface area contributed by atoms with E-state index < -0.39 is 0 Å². The molecule has 7 nitrogen and oxygen atoms in total. The van der Waals surface area contributed by atoms with Crippen molar-refractivity contribution in [2.45, 2.75) is 32.6 Å². The van der Waals surface area contributed by atoms with Crippen LogP contribution in [0.4, 0.5) is 11.5 Å². The Balaban J connectivity index is 1.71. The van der Waals surface area contributed by atoms with E-state index in [1.165, 1.54) is 0 Å². The summed E-state index contributed by atoms with van der Waals surface area (Å²) < 4.78 is 13.5. The molecule has 5 rings (SSSR count). The summed E-state index contributed by atoms with van der Waals surface area (Å²) in [5, 5.41) is 9.00. The second-order valence-corrected chi connectivity index (χ2v) is 7.39. The lowest BCUT2D eigenvalue weighted by molar-refractivity contribution is 0.0837. The third kappa shape index (κ3) is 2.74. The first-order valence-corrected chi connectivity index (χ1v) is 9.66. The van der Waals surface area contributed by atoms with E-state index in [9.17, 15) is 0 Å². The minimum Gasteiger partial charge on any atom is -0.450 e. The molecule has 0 bridgehead atoms. The molecule has 0 aliphatic carbocycles. The Morgan fingerprint density at radius 3 is 2.64 bits per heavy atom. The van der Waals surface area contributed by atoms with E-state index in [1.807, 2.05) is 49.8 Å². The van der Waals surface area contributed by atoms with Crippen molar-refractivity contribution in [3.63, 3.8) is 0 Å². The Morgan fingerprint density at radius 2 is 1.89 bits per heavy atom. The summed E-state index contributed by atoms with van der Waals surface area (Å²) in [7, 11) is 1.94. The summed E-state index contributed by atoms with van der Waals surface area (Å²) in [6.07, 6.45) is 1.87. The third-order valence-corrected chi connectivity index (χ3v) is 5.58. The lowest BCUT2D eigenvalue weighted by Gasteiger charge is -2.21. The fourth-order valence-corrected chi connectivity index (χ4v) is 3.90.